The Balaban J connectivity index is 1.30. The van der Waals surface area contributed by atoms with Gasteiger partial charge in [-0.15, -0.1) is 5.10 Å². The molecule has 3 heterocycles. The lowest BCUT2D eigenvalue weighted by Crippen LogP contribution is -2.29. The normalized spacial score (nSPS) is 19.6. The molecule has 0 spiro atoms. The van der Waals surface area contributed by atoms with Gasteiger partial charge in [0.25, 0.3) is 5.88 Å². The fraction of sp³-hybridized carbons (Fsp3) is 0.552. The largest absolute Gasteiger partial charge is 0.472 e. The third-order valence-corrected chi connectivity index (χ3v) is 8.84. The van der Waals surface area contributed by atoms with Gasteiger partial charge in [-0.2, -0.15) is 0 Å². The van der Waals surface area contributed by atoms with Crippen LogP contribution in [0.4, 0.5) is 17.2 Å². The molecule has 2 aromatic heterocycles. The summed E-state index contributed by atoms with van der Waals surface area (Å²) < 4.78 is 14.9. The number of unbranched alkanes of at least 4 members (excludes halogenated alkanes) is 1. The highest BCUT2D eigenvalue weighted by molar-refractivity contribution is 14.1. The van der Waals surface area contributed by atoms with E-state index in [9.17, 15) is 4.79 Å². The lowest BCUT2D eigenvalue weighted by Gasteiger charge is -2.27. The molecule has 1 saturated carbocycles. The number of rotatable bonds is 9. The van der Waals surface area contributed by atoms with E-state index in [0.29, 0.717) is 12.5 Å². The van der Waals surface area contributed by atoms with Crippen molar-refractivity contribution in [2.24, 2.45) is 13.0 Å². The maximum absolute atomic E-state index is 12.4. The van der Waals surface area contributed by atoms with Gasteiger partial charge in [0.15, 0.2) is 5.52 Å². The summed E-state index contributed by atoms with van der Waals surface area (Å²) in [7, 11) is 1.92. The van der Waals surface area contributed by atoms with Crippen molar-refractivity contribution in [3.8, 4) is 5.88 Å². The molecule has 1 aliphatic heterocycles. The molecule has 2 aliphatic rings. The van der Waals surface area contributed by atoms with E-state index in [-0.39, 0.29) is 18.0 Å². The van der Waals surface area contributed by atoms with Crippen LogP contribution in [0.2, 0.25) is 0 Å². The Bertz CT molecular complexity index is 1280. The number of halogens is 1. The van der Waals surface area contributed by atoms with Crippen LogP contribution in [0, 0.1) is 16.4 Å². The lowest BCUT2D eigenvalue weighted by molar-refractivity contribution is -0.150. The predicted molar refractivity (Wildman–Crippen MR) is 159 cm³/mol. The van der Waals surface area contributed by atoms with Crippen molar-refractivity contribution in [1.29, 1.82) is 0 Å². The minimum Gasteiger partial charge on any atom is -0.472 e. The summed E-state index contributed by atoms with van der Waals surface area (Å²) in [6.07, 6.45) is 7.61. The Kier molecular flexibility index (Phi) is 8.60. The van der Waals surface area contributed by atoms with Gasteiger partial charge in [-0.05, 0) is 104 Å². The second-order valence-corrected chi connectivity index (χ2v) is 11.7. The Morgan fingerprint density at radius 2 is 1.92 bits per heavy atom. The van der Waals surface area contributed by atoms with Gasteiger partial charge < -0.3 is 19.7 Å². The van der Waals surface area contributed by atoms with Gasteiger partial charge >= 0.3 is 5.97 Å². The van der Waals surface area contributed by atoms with Crippen LogP contribution >= 0.6 is 22.6 Å². The molecule has 1 saturated heterocycles. The molecule has 1 N–H and O–H groups in total. The molecule has 8 nitrogen and oxygen atoms in total. The van der Waals surface area contributed by atoms with E-state index in [1.807, 2.05) is 23.9 Å². The number of nitrogens with zero attached hydrogens (tertiary/aromatic N) is 4. The van der Waals surface area contributed by atoms with Gasteiger partial charge in [0.05, 0.1) is 29.4 Å². The molecule has 204 valence electrons. The summed E-state index contributed by atoms with van der Waals surface area (Å²) in [4.78, 5) is 19.8. The summed E-state index contributed by atoms with van der Waals surface area (Å²) in [6, 6.07) is 8.54. The molecule has 1 aromatic carbocycles. The van der Waals surface area contributed by atoms with Gasteiger partial charge in [0, 0.05) is 23.7 Å². The second-order valence-electron chi connectivity index (χ2n) is 10.5. The number of anilines is 3. The van der Waals surface area contributed by atoms with Crippen LogP contribution in [0.15, 0.2) is 24.3 Å². The van der Waals surface area contributed by atoms with E-state index in [4.69, 9.17) is 14.5 Å². The first-order chi connectivity index (χ1) is 18.4. The van der Waals surface area contributed by atoms with E-state index in [0.717, 1.165) is 74.2 Å². The van der Waals surface area contributed by atoms with Gasteiger partial charge in [-0.25, -0.2) is 4.98 Å². The maximum Gasteiger partial charge on any atom is 0.308 e. The number of aromatic nitrogens is 3. The van der Waals surface area contributed by atoms with E-state index < -0.39 is 0 Å². The van der Waals surface area contributed by atoms with Crippen molar-refractivity contribution in [1.82, 2.24) is 14.8 Å². The summed E-state index contributed by atoms with van der Waals surface area (Å²) in [5, 5.41) is 8.23. The SMILES string of the molecule is CCCCOC(=O)C1CCC(Oc2nn(C)c3ccc(Nc4cc(C)c(I)cc4N4CCCC4)nc23)CC1. The minimum atomic E-state index is -0.0586. The number of carbonyl (C=O) groups excluding carboxylic acids is 1. The van der Waals surface area contributed by atoms with Crippen molar-refractivity contribution < 1.29 is 14.3 Å². The number of pyridine rings is 1. The van der Waals surface area contributed by atoms with Crippen molar-refractivity contribution in [2.45, 2.75) is 71.3 Å². The van der Waals surface area contributed by atoms with E-state index in [1.165, 1.54) is 27.7 Å². The Hall–Kier alpha value is -2.56. The Morgan fingerprint density at radius 3 is 2.66 bits per heavy atom. The molecule has 0 atom stereocenters. The monoisotopic (exact) mass is 631 g/mol. The zero-order valence-corrected chi connectivity index (χ0v) is 24.8. The number of carbonyl (C=O) groups is 1. The highest BCUT2D eigenvalue weighted by Gasteiger charge is 2.29. The number of hydrogen-bond acceptors (Lipinski definition) is 7. The molecule has 9 heteroatoms. The van der Waals surface area contributed by atoms with Gasteiger partial charge in [-0.3, -0.25) is 9.48 Å². The highest BCUT2D eigenvalue weighted by atomic mass is 127. The number of nitrogens with one attached hydrogen (secondary N) is 1. The lowest BCUT2D eigenvalue weighted by atomic mass is 9.87. The summed E-state index contributed by atoms with van der Waals surface area (Å²) in [5.41, 5.74) is 5.23. The number of ether oxygens (including phenoxy) is 2. The highest BCUT2D eigenvalue weighted by Crippen LogP contribution is 2.36. The Morgan fingerprint density at radius 1 is 1.16 bits per heavy atom. The second kappa shape index (κ2) is 12.1. The maximum atomic E-state index is 12.4. The van der Waals surface area contributed by atoms with E-state index in [2.05, 4.69) is 63.9 Å². The first-order valence-electron chi connectivity index (χ1n) is 13.9. The van der Waals surface area contributed by atoms with Gasteiger partial charge in [0.1, 0.15) is 11.9 Å². The first-order valence-corrected chi connectivity index (χ1v) is 15.0. The van der Waals surface area contributed by atoms with Crippen molar-refractivity contribution in [3.05, 3.63) is 33.4 Å². The zero-order valence-electron chi connectivity index (χ0n) is 22.6. The first kappa shape index (κ1) is 27.0. The molecular formula is C29H38IN5O3. The van der Waals surface area contributed by atoms with Crippen molar-refractivity contribution in [3.63, 3.8) is 0 Å². The van der Waals surface area contributed by atoms with Crippen LogP contribution in [0.25, 0.3) is 11.0 Å². The standard InChI is InChI=1S/C29H38IN5O3/c1-4-5-16-37-29(36)20-8-10-21(11-9-20)38-28-27-24(34(3)33-28)12-13-26(32-27)31-23-17-19(2)22(30)18-25(23)35-14-6-7-15-35/h12-13,17-18,20-21H,4-11,14-16H2,1-3H3,(H,31,32). The van der Waals surface area contributed by atoms with Crippen molar-refractivity contribution in [2.75, 3.05) is 29.9 Å². The average Bonchev–Trinajstić information content (AvgIpc) is 3.55. The molecule has 0 unspecified atom stereocenters. The molecular weight excluding hydrogens is 593 g/mol. The fourth-order valence-corrected chi connectivity index (χ4v) is 5.85. The van der Waals surface area contributed by atoms with Crippen LogP contribution < -0.4 is 15.0 Å². The number of benzene rings is 1. The molecule has 1 aliphatic carbocycles. The average molecular weight is 632 g/mol. The third-order valence-electron chi connectivity index (χ3n) is 7.68. The topological polar surface area (TPSA) is 81.5 Å². The molecule has 0 amide bonds. The molecule has 38 heavy (non-hydrogen) atoms. The summed E-state index contributed by atoms with van der Waals surface area (Å²) in [5.74, 6) is 1.24. The molecule has 5 rings (SSSR count). The van der Waals surface area contributed by atoms with Crippen LogP contribution in [-0.4, -0.2) is 46.5 Å². The van der Waals surface area contributed by atoms with E-state index in [1.54, 1.807) is 0 Å². The molecule has 2 fully saturated rings. The van der Waals surface area contributed by atoms with Crippen LogP contribution in [0.5, 0.6) is 5.88 Å². The molecule has 3 aromatic rings. The summed E-state index contributed by atoms with van der Waals surface area (Å²) in [6.45, 7) is 6.93. The number of aryl methyl sites for hydroxylation is 2. The molecule has 0 radical (unpaired) electrons. The smallest absolute Gasteiger partial charge is 0.308 e. The van der Waals surface area contributed by atoms with Crippen LogP contribution in [0.1, 0.15) is 63.9 Å². The molecule has 0 bridgehead atoms. The predicted octanol–water partition coefficient (Wildman–Crippen LogP) is 6.51. The van der Waals surface area contributed by atoms with E-state index >= 15 is 0 Å². The number of hydrogen-bond donors (Lipinski definition) is 1. The van der Waals surface area contributed by atoms with Gasteiger partial charge in [0.2, 0.25) is 0 Å². The number of fused-ring (bicyclic) bond motifs is 1. The third kappa shape index (κ3) is 6.02. The number of esters is 1. The van der Waals surface area contributed by atoms with Crippen LogP contribution in [-0.2, 0) is 16.6 Å². The fourth-order valence-electron chi connectivity index (χ4n) is 5.39. The zero-order chi connectivity index (χ0) is 26.6. The van der Waals surface area contributed by atoms with Crippen molar-refractivity contribution >= 4 is 56.8 Å². The minimum absolute atomic E-state index is 0.0202. The quantitative estimate of drug-likeness (QED) is 0.164. The van der Waals surface area contributed by atoms with Crippen LogP contribution in [0.3, 0.4) is 0 Å². The van der Waals surface area contributed by atoms with Gasteiger partial charge in [-0.1, -0.05) is 13.3 Å². The summed E-state index contributed by atoms with van der Waals surface area (Å²) >= 11 is 2.42. The Labute approximate surface area is 238 Å².